The van der Waals surface area contributed by atoms with Crippen LogP contribution in [0, 0.1) is 11.8 Å². The van der Waals surface area contributed by atoms with Crippen molar-refractivity contribution in [3.05, 3.63) is 0 Å². The van der Waals surface area contributed by atoms with E-state index in [1.165, 1.54) is 64.5 Å². The molecule has 2 fully saturated rings. The Morgan fingerprint density at radius 2 is 1.86 bits per heavy atom. The second kappa shape index (κ2) is 7.94. The highest BCUT2D eigenvalue weighted by Gasteiger charge is 2.38. The van der Waals surface area contributed by atoms with Crippen molar-refractivity contribution in [1.29, 1.82) is 0 Å². The lowest BCUT2D eigenvalue weighted by molar-refractivity contribution is 0.129. The van der Waals surface area contributed by atoms with Crippen molar-refractivity contribution in [2.24, 2.45) is 17.6 Å². The van der Waals surface area contributed by atoms with E-state index < -0.39 is 0 Å². The van der Waals surface area contributed by atoms with Gasteiger partial charge in [-0.3, -0.25) is 0 Å². The van der Waals surface area contributed by atoms with Crippen LogP contribution in [0.5, 0.6) is 0 Å². The number of rotatable bonds is 8. The lowest BCUT2D eigenvalue weighted by Gasteiger charge is -2.34. The maximum absolute atomic E-state index is 9.61. The molecule has 2 saturated carbocycles. The van der Waals surface area contributed by atoms with Gasteiger partial charge in [-0.05, 0) is 63.5 Å². The molecule has 0 spiro atoms. The molecule has 124 valence electrons. The van der Waals surface area contributed by atoms with Gasteiger partial charge in [0, 0.05) is 11.6 Å². The van der Waals surface area contributed by atoms with Crippen molar-refractivity contribution in [3.63, 3.8) is 0 Å². The molecule has 3 heteroatoms. The van der Waals surface area contributed by atoms with Crippen LogP contribution >= 0.6 is 0 Å². The van der Waals surface area contributed by atoms with Crippen molar-refractivity contribution in [2.75, 3.05) is 19.7 Å². The van der Waals surface area contributed by atoms with Gasteiger partial charge in [-0.15, -0.1) is 0 Å². The average molecular weight is 296 g/mol. The molecule has 3 N–H and O–H groups in total. The highest BCUT2D eigenvalue weighted by atomic mass is 16.3. The zero-order valence-electron chi connectivity index (χ0n) is 14.2. The summed E-state index contributed by atoms with van der Waals surface area (Å²) >= 11 is 0. The number of hydrogen-bond donors (Lipinski definition) is 2. The topological polar surface area (TPSA) is 49.5 Å². The van der Waals surface area contributed by atoms with Crippen LogP contribution in [0.2, 0.25) is 0 Å². The standard InChI is InChI=1S/C18H36N2O/c1-15(2)9-12-20(17-7-3-4-8-17)13-10-16-6-5-11-18(16,19)14-21/h15-17,21H,3-14,19H2,1-2H3. The Morgan fingerprint density at radius 1 is 1.14 bits per heavy atom. The second-order valence-electron chi connectivity index (χ2n) is 7.93. The summed E-state index contributed by atoms with van der Waals surface area (Å²) in [4.78, 5) is 2.74. The van der Waals surface area contributed by atoms with Gasteiger partial charge in [0.1, 0.15) is 0 Å². The van der Waals surface area contributed by atoms with Crippen LogP contribution in [0.1, 0.15) is 71.6 Å². The Hall–Kier alpha value is -0.120. The third-order valence-corrected chi connectivity index (χ3v) is 5.90. The van der Waals surface area contributed by atoms with E-state index in [-0.39, 0.29) is 12.1 Å². The van der Waals surface area contributed by atoms with Crippen LogP contribution in [-0.2, 0) is 0 Å². The van der Waals surface area contributed by atoms with Crippen LogP contribution in [0.4, 0.5) is 0 Å². The highest BCUT2D eigenvalue weighted by Crippen LogP contribution is 2.36. The molecule has 0 aromatic rings. The first-order chi connectivity index (χ1) is 10.0. The Bertz CT molecular complexity index is 302. The van der Waals surface area contributed by atoms with Crippen molar-refractivity contribution in [2.45, 2.75) is 83.2 Å². The minimum Gasteiger partial charge on any atom is -0.394 e. The van der Waals surface area contributed by atoms with Gasteiger partial charge < -0.3 is 15.7 Å². The maximum Gasteiger partial charge on any atom is 0.0613 e. The summed E-state index contributed by atoms with van der Waals surface area (Å²) in [7, 11) is 0. The van der Waals surface area contributed by atoms with E-state index in [2.05, 4.69) is 18.7 Å². The van der Waals surface area contributed by atoms with E-state index in [4.69, 9.17) is 5.73 Å². The van der Waals surface area contributed by atoms with E-state index in [9.17, 15) is 5.11 Å². The van der Waals surface area contributed by atoms with Crippen molar-refractivity contribution in [1.82, 2.24) is 4.90 Å². The van der Waals surface area contributed by atoms with E-state index >= 15 is 0 Å². The van der Waals surface area contributed by atoms with Gasteiger partial charge in [0.05, 0.1) is 6.61 Å². The lowest BCUT2D eigenvalue weighted by Crippen LogP contribution is -2.48. The van der Waals surface area contributed by atoms with Crippen molar-refractivity contribution < 1.29 is 5.11 Å². The molecule has 0 aliphatic heterocycles. The first-order valence-electron chi connectivity index (χ1n) is 9.19. The maximum atomic E-state index is 9.61. The minimum absolute atomic E-state index is 0.160. The van der Waals surface area contributed by atoms with Gasteiger partial charge in [-0.25, -0.2) is 0 Å². The molecule has 0 saturated heterocycles. The molecule has 21 heavy (non-hydrogen) atoms. The molecule has 0 bridgehead atoms. The quantitative estimate of drug-likeness (QED) is 0.723. The Morgan fingerprint density at radius 3 is 2.48 bits per heavy atom. The Labute approximate surface area is 131 Å². The summed E-state index contributed by atoms with van der Waals surface area (Å²) in [6.07, 6.45) is 11.5. The molecule has 2 rings (SSSR count). The van der Waals surface area contributed by atoms with Crippen LogP contribution in [0.15, 0.2) is 0 Å². The molecule has 2 unspecified atom stereocenters. The molecule has 3 nitrogen and oxygen atoms in total. The molecule has 0 heterocycles. The SMILES string of the molecule is CC(C)CCN(CCC1CCCC1(N)CO)C1CCCC1. The monoisotopic (exact) mass is 296 g/mol. The first-order valence-corrected chi connectivity index (χ1v) is 9.19. The third kappa shape index (κ3) is 4.67. The van der Waals surface area contributed by atoms with Crippen LogP contribution < -0.4 is 5.73 Å². The summed E-state index contributed by atoms with van der Waals surface area (Å²) in [5.74, 6) is 1.30. The molecule has 0 aromatic heterocycles. The third-order valence-electron chi connectivity index (χ3n) is 5.90. The van der Waals surface area contributed by atoms with E-state index in [1.54, 1.807) is 0 Å². The fraction of sp³-hybridized carbons (Fsp3) is 1.00. The smallest absolute Gasteiger partial charge is 0.0613 e. The van der Waals surface area contributed by atoms with Crippen LogP contribution in [0.25, 0.3) is 0 Å². The number of aliphatic hydroxyl groups is 1. The number of nitrogens with two attached hydrogens (primary N) is 1. The summed E-state index contributed by atoms with van der Waals surface area (Å²) < 4.78 is 0. The number of nitrogens with zero attached hydrogens (tertiary/aromatic N) is 1. The molecule has 2 atom stereocenters. The molecular formula is C18H36N2O. The van der Waals surface area contributed by atoms with Crippen molar-refractivity contribution >= 4 is 0 Å². The van der Waals surface area contributed by atoms with Crippen LogP contribution in [-0.4, -0.2) is 41.3 Å². The summed E-state index contributed by atoms with van der Waals surface area (Å²) in [6, 6.07) is 0.812. The molecule has 2 aliphatic carbocycles. The predicted octanol–water partition coefficient (Wildman–Crippen LogP) is 3.16. The summed E-state index contributed by atoms with van der Waals surface area (Å²) in [5, 5.41) is 9.61. The summed E-state index contributed by atoms with van der Waals surface area (Å²) in [6.45, 7) is 7.22. The highest BCUT2D eigenvalue weighted by molar-refractivity contribution is 4.96. The van der Waals surface area contributed by atoms with Gasteiger partial charge in [-0.2, -0.15) is 0 Å². The fourth-order valence-corrected chi connectivity index (χ4v) is 4.30. The zero-order chi connectivity index (χ0) is 15.3. The number of hydrogen-bond acceptors (Lipinski definition) is 3. The van der Waals surface area contributed by atoms with E-state index in [0.717, 1.165) is 18.4 Å². The lowest BCUT2D eigenvalue weighted by atomic mass is 9.86. The van der Waals surface area contributed by atoms with Crippen molar-refractivity contribution in [3.8, 4) is 0 Å². The molecule has 0 amide bonds. The molecule has 0 aromatic carbocycles. The number of aliphatic hydroxyl groups excluding tert-OH is 1. The van der Waals surface area contributed by atoms with Gasteiger partial charge >= 0.3 is 0 Å². The van der Waals surface area contributed by atoms with Gasteiger partial charge in [0.2, 0.25) is 0 Å². The average Bonchev–Trinajstić information content (AvgIpc) is 3.09. The molecule has 0 radical (unpaired) electrons. The van der Waals surface area contributed by atoms with Crippen LogP contribution in [0.3, 0.4) is 0 Å². The largest absolute Gasteiger partial charge is 0.394 e. The zero-order valence-corrected chi connectivity index (χ0v) is 14.2. The van der Waals surface area contributed by atoms with Gasteiger partial charge in [-0.1, -0.05) is 33.1 Å². The Kier molecular flexibility index (Phi) is 6.51. The first kappa shape index (κ1) is 17.2. The minimum atomic E-state index is -0.292. The predicted molar refractivity (Wildman–Crippen MR) is 89.2 cm³/mol. The van der Waals surface area contributed by atoms with E-state index in [0.29, 0.717) is 5.92 Å². The van der Waals surface area contributed by atoms with E-state index in [1.807, 2.05) is 0 Å². The Balaban J connectivity index is 1.85. The normalized spacial score (nSPS) is 30.9. The van der Waals surface area contributed by atoms with Gasteiger partial charge in [0.15, 0.2) is 0 Å². The molecule has 2 aliphatic rings. The van der Waals surface area contributed by atoms with Gasteiger partial charge in [0.25, 0.3) is 0 Å². The molecular weight excluding hydrogens is 260 g/mol. The summed E-state index contributed by atoms with van der Waals surface area (Å²) in [5.41, 5.74) is 6.10. The fourth-order valence-electron chi connectivity index (χ4n) is 4.30. The second-order valence-corrected chi connectivity index (χ2v) is 7.93.